The van der Waals surface area contributed by atoms with Crippen LogP contribution in [-0.2, 0) is 0 Å². The van der Waals surface area contributed by atoms with Crippen molar-refractivity contribution in [1.29, 1.82) is 0 Å². The lowest BCUT2D eigenvalue weighted by atomic mass is 10.2. The first-order valence-corrected chi connectivity index (χ1v) is 7.63. The quantitative estimate of drug-likeness (QED) is 0.580. The van der Waals surface area contributed by atoms with Crippen molar-refractivity contribution in [3.8, 4) is 17.2 Å². The first-order chi connectivity index (χ1) is 8.47. The van der Waals surface area contributed by atoms with E-state index in [1.165, 1.54) is 11.6 Å². The molecule has 0 aliphatic carbocycles. The molecule has 0 saturated heterocycles. The summed E-state index contributed by atoms with van der Waals surface area (Å²) >= 11 is 10.3. The number of aromatic hydroxyl groups is 1. The molecule has 1 N–H and O–H groups in total. The zero-order valence-electron chi connectivity index (χ0n) is 9.38. The molecule has 2 rings (SSSR count). The topological polar surface area (TPSA) is 29.5 Å². The van der Waals surface area contributed by atoms with Gasteiger partial charge in [-0.25, -0.2) is 0 Å². The Balaban J connectivity index is 2.37. The van der Waals surface area contributed by atoms with Crippen molar-refractivity contribution < 1.29 is 9.84 Å². The zero-order chi connectivity index (χ0) is 13.3. The fourth-order valence-electron chi connectivity index (χ4n) is 1.45. The van der Waals surface area contributed by atoms with Gasteiger partial charge in [0.15, 0.2) is 5.75 Å². The third-order valence-electron chi connectivity index (χ3n) is 2.28. The second-order valence-corrected chi connectivity index (χ2v) is 6.50. The monoisotopic (exact) mass is 486 g/mol. The van der Waals surface area contributed by atoms with Gasteiger partial charge >= 0.3 is 0 Å². The second kappa shape index (κ2) is 5.83. The molecule has 0 unspecified atom stereocenters. The zero-order valence-corrected chi connectivity index (χ0v) is 14.4. The average molecular weight is 486 g/mol. The van der Waals surface area contributed by atoms with Crippen molar-refractivity contribution >= 4 is 56.8 Å². The smallest absolute Gasteiger partial charge is 0.154 e. The molecule has 0 aliphatic rings. The van der Waals surface area contributed by atoms with Crippen LogP contribution in [0.1, 0.15) is 5.56 Å². The Kier molecular flexibility index (Phi) is 4.60. The highest BCUT2D eigenvalue weighted by molar-refractivity contribution is 14.1. The van der Waals surface area contributed by atoms with E-state index in [1.54, 1.807) is 12.1 Å². The van der Waals surface area contributed by atoms with E-state index in [1.807, 2.05) is 6.92 Å². The number of phenolic OH excluding ortho intramolecular Hbond substituents is 1. The molecule has 2 nitrogen and oxygen atoms in total. The normalized spacial score (nSPS) is 10.4. The summed E-state index contributed by atoms with van der Waals surface area (Å²) in [5.74, 6) is 1.47. The summed E-state index contributed by atoms with van der Waals surface area (Å²) in [6.45, 7) is 2.05. The molecule has 5 heteroatoms. The van der Waals surface area contributed by atoms with E-state index in [2.05, 4.69) is 57.3 Å². The van der Waals surface area contributed by atoms with Crippen LogP contribution in [0.25, 0.3) is 0 Å². The van der Waals surface area contributed by atoms with Crippen LogP contribution in [0, 0.1) is 14.1 Å². The molecular weight excluding hydrogens is 477 g/mol. The summed E-state index contributed by atoms with van der Waals surface area (Å²) in [4.78, 5) is 0. The number of benzene rings is 2. The maximum atomic E-state index is 9.36. The molecule has 0 aromatic heterocycles. The van der Waals surface area contributed by atoms with Gasteiger partial charge in [0.05, 0.1) is 12.2 Å². The van der Waals surface area contributed by atoms with Crippen LogP contribution in [-0.4, -0.2) is 5.11 Å². The van der Waals surface area contributed by atoms with Crippen LogP contribution in [0.15, 0.2) is 30.3 Å². The number of halogens is 3. The largest absolute Gasteiger partial charge is 0.506 e. The Morgan fingerprint density at radius 1 is 1.11 bits per heavy atom. The minimum absolute atomic E-state index is 0.0531. The number of rotatable bonds is 2. The average Bonchev–Trinajstić information content (AvgIpc) is 2.28. The van der Waals surface area contributed by atoms with E-state index in [9.17, 15) is 5.11 Å². The van der Waals surface area contributed by atoms with Crippen molar-refractivity contribution in [2.24, 2.45) is 0 Å². The number of aryl methyl sites for hydroxylation is 1. The van der Waals surface area contributed by atoms with Gasteiger partial charge in [0.1, 0.15) is 11.5 Å². The van der Waals surface area contributed by atoms with Gasteiger partial charge in [-0.1, -0.05) is 11.6 Å². The van der Waals surface area contributed by atoms with Crippen LogP contribution in [0.2, 0.25) is 5.02 Å². The van der Waals surface area contributed by atoms with E-state index in [0.717, 1.165) is 12.9 Å². The Bertz CT molecular complexity index is 577. The van der Waals surface area contributed by atoms with Gasteiger partial charge in [-0.3, -0.25) is 0 Å². The highest BCUT2D eigenvalue weighted by atomic mass is 127. The van der Waals surface area contributed by atoms with Crippen molar-refractivity contribution in [2.75, 3.05) is 0 Å². The number of hydrogen-bond acceptors (Lipinski definition) is 2. The standard InChI is InChI=1S/C13H9ClI2O2/c1-7-4-10(15)13(11(16)5-7)18-8-2-3-12(17)9(14)6-8/h2-6,17H,1H3. The lowest BCUT2D eigenvalue weighted by Gasteiger charge is -2.11. The molecular formula is C13H9ClI2O2. The van der Waals surface area contributed by atoms with Crippen LogP contribution < -0.4 is 4.74 Å². The summed E-state index contributed by atoms with van der Waals surface area (Å²) in [5, 5.41) is 9.65. The molecule has 94 valence electrons. The molecule has 0 atom stereocenters. The van der Waals surface area contributed by atoms with Crippen LogP contribution in [0.3, 0.4) is 0 Å². The number of phenols is 1. The SMILES string of the molecule is Cc1cc(I)c(Oc2ccc(O)c(Cl)c2)c(I)c1. The minimum Gasteiger partial charge on any atom is -0.506 e. The molecule has 0 fully saturated rings. The van der Waals surface area contributed by atoms with Crippen molar-refractivity contribution in [3.05, 3.63) is 48.1 Å². The number of hydrogen-bond donors (Lipinski definition) is 1. The van der Waals surface area contributed by atoms with Gasteiger partial charge in [0, 0.05) is 6.07 Å². The molecule has 0 heterocycles. The van der Waals surface area contributed by atoms with Gasteiger partial charge in [-0.15, -0.1) is 0 Å². The summed E-state index contributed by atoms with van der Waals surface area (Å²) in [6.07, 6.45) is 0. The molecule has 0 radical (unpaired) electrons. The van der Waals surface area contributed by atoms with Gasteiger partial charge in [0.25, 0.3) is 0 Å². The molecule has 0 aliphatic heterocycles. The number of ether oxygens (including phenoxy) is 1. The summed E-state index contributed by atoms with van der Waals surface area (Å²) < 4.78 is 7.91. The Morgan fingerprint density at radius 3 is 2.28 bits per heavy atom. The fraction of sp³-hybridized carbons (Fsp3) is 0.0769. The maximum absolute atomic E-state index is 9.36. The molecule has 2 aromatic rings. The van der Waals surface area contributed by atoms with Crippen LogP contribution >= 0.6 is 56.8 Å². The van der Waals surface area contributed by atoms with Crippen molar-refractivity contribution in [2.45, 2.75) is 6.92 Å². The Labute approximate surface area is 138 Å². The lowest BCUT2D eigenvalue weighted by molar-refractivity contribution is 0.461. The molecule has 0 amide bonds. The van der Waals surface area contributed by atoms with Gasteiger partial charge in [0.2, 0.25) is 0 Å². The molecule has 0 bridgehead atoms. The summed E-state index contributed by atoms with van der Waals surface area (Å²) in [5.41, 5.74) is 1.19. The highest BCUT2D eigenvalue weighted by Gasteiger charge is 2.10. The van der Waals surface area contributed by atoms with E-state index in [-0.39, 0.29) is 10.8 Å². The highest BCUT2D eigenvalue weighted by Crippen LogP contribution is 2.35. The van der Waals surface area contributed by atoms with E-state index < -0.39 is 0 Å². The first kappa shape index (κ1) is 14.2. The Morgan fingerprint density at radius 2 is 1.72 bits per heavy atom. The van der Waals surface area contributed by atoms with Gasteiger partial charge in [-0.2, -0.15) is 0 Å². The van der Waals surface area contributed by atoms with E-state index >= 15 is 0 Å². The first-order valence-electron chi connectivity index (χ1n) is 5.09. The summed E-state index contributed by atoms with van der Waals surface area (Å²) in [7, 11) is 0. The lowest BCUT2D eigenvalue weighted by Crippen LogP contribution is -1.92. The molecule has 18 heavy (non-hydrogen) atoms. The van der Waals surface area contributed by atoms with E-state index in [4.69, 9.17) is 16.3 Å². The van der Waals surface area contributed by atoms with Crippen molar-refractivity contribution in [1.82, 2.24) is 0 Å². The molecule has 0 saturated carbocycles. The van der Waals surface area contributed by atoms with Gasteiger partial charge in [-0.05, 0) is 81.9 Å². The second-order valence-electron chi connectivity index (χ2n) is 3.77. The van der Waals surface area contributed by atoms with Crippen LogP contribution in [0.5, 0.6) is 17.2 Å². The van der Waals surface area contributed by atoms with Crippen molar-refractivity contribution in [3.63, 3.8) is 0 Å². The minimum atomic E-state index is 0.0531. The maximum Gasteiger partial charge on any atom is 0.154 e. The predicted octanol–water partition coefficient (Wildman–Crippen LogP) is 5.36. The molecule has 0 spiro atoms. The third-order valence-corrected chi connectivity index (χ3v) is 4.19. The van der Waals surface area contributed by atoms with Crippen LogP contribution in [0.4, 0.5) is 0 Å². The molecule has 2 aromatic carbocycles. The third kappa shape index (κ3) is 3.21. The van der Waals surface area contributed by atoms with E-state index in [0.29, 0.717) is 5.75 Å². The predicted molar refractivity (Wildman–Crippen MR) is 89.8 cm³/mol. The summed E-state index contributed by atoms with van der Waals surface area (Å²) in [6, 6.07) is 8.92. The Hall–Kier alpha value is -0.210. The fourth-order valence-corrected chi connectivity index (χ4v) is 3.92. The van der Waals surface area contributed by atoms with Gasteiger partial charge < -0.3 is 9.84 Å².